The zero-order chi connectivity index (χ0) is 14.8. The normalized spacial score (nSPS) is 22.2. The van der Waals surface area contributed by atoms with E-state index in [1.54, 1.807) is 0 Å². The summed E-state index contributed by atoms with van der Waals surface area (Å²) in [6.45, 7) is 1.93. The third-order valence-corrected chi connectivity index (χ3v) is 5.54. The lowest BCUT2D eigenvalue weighted by Gasteiger charge is -2.34. The van der Waals surface area contributed by atoms with E-state index in [1.165, 1.54) is 5.56 Å². The van der Waals surface area contributed by atoms with Crippen LogP contribution in [0, 0.1) is 0 Å². The van der Waals surface area contributed by atoms with Gasteiger partial charge in [-0.25, -0.2) is 0 Å². The number of hydrogen-bond acceptors (Lipinski definition) is 1. The maximum absolute atomic E-state index is 6.44. The van der Waals surface area contributed by atoms with E-state index in [-0.39, 0.29) is 0 Å². The van der Waals surface area contributed by atoms with Gasteiger partial charge in [0.25, 0.3) is 0 Å². The SMILES string of the molecule is Clc1cccc(Cl)c1C1CCNCC1c1ccccc1Br. The molecule has 0 aromatic heterocycles. The summed E-state index contributed by atoms with van der Waals surface area (Å²) in [6.07, 6.45) is 1.04. The van der Waals surface area contributed by atoms with Gasteiger partial charge >= 0.3 is 0 Å². The second-order valence-electron chi connectivity index (χ2n) is 5.36. The molecule has 1 aliphatic rings. The van der Waals surface area contributed by atoms with Crippen molar-refractivity contribution in [1.29, 1.82) is 0 Å². The van der Waals surface area contributed by atoms with Crippen LogP contribution in [0.15, 0.2) is 46.9 Å². The van der Waals surface area contributed by atoms with Crippen LogP contribution in [-0.2, 0) is 0 Å². The van der Waals surface area contributed by atoms with E-state index in [4.69, 9.17) is 23.2 Å². The summed E-state index contributed by atoms with van der Waals surface area (Å²) >= 11 is 16.6. The van der Waals surface area contributed by atoms with Gasteiger partial charge < -0.3 is 5.32 Å². The summed E-state index contributed by atoms with van der Waals surface area (Å²) in [5.74, 6) is 0.706. The Hall–Kier alpha value is -0.540. The minimum atomic E-state index is 0.339. The van der Waals surface area contributed by atoms with E-state index in [0.717, 1.165) is 39.6 Å². The van der Waals surface area contributed by atoms with Gasteiger partial charge in [-0.15, -0.1) is 0 Å². The zero-order valence-corrected chi connectivity index (χ0v) is 14.5. The van der Waals surface area contributed by atoms with Crippen molar-refractivity contribution in [3.05, 3.63) is 68.1 Å². The van der Waals surface area contributed by atoms with Gasteiger partial charge in [-0.05, 0) is 48.2 Å². The van der Waals surface area contributed by atoms with Gasteiger partial charge in [0.2, 0.25) is 0 Å². The van der Waals surface area contributed by atoms with E-state index < -0.39 is 0 Å². The molecule has 4 heteroatoms. The fourth-order valence-corrected chi connectivity index (χ4v) is 4.43. The predicted octanol–water partition coefficient (Wildman–Crippen LogP) is 5.62. The highest BCUT2D eigenvalue weighted by atomic mass is 79.9. The molecule has 0 aliphatic carbocycles. The average Bonchev–Trinajstić information content (AvgIpc) is 2.48. The number of halogens is 3. The maximum atomic E-state index is 6.44. The van der Waals surface area contributed by atoms with Crippen molar-refractivity contribution in [2.75, 3.05) is 13.1 Å². The van der Waals surface area contributed by atoms with Gasteiger partial charge in [0.15, 0.2) is 0 Å². The van der Waals surface area contributed by atoms with Crippen molar-refractivity contribution in [3.8, 4) is 0 Å². The molecular weight excluding hydrogens is 369 g/mol. The van der Waals surface area contributed by atoms with E-state index >= 15 is 0 Å². The van der Waals surface area contributed by atoms with E-state index in [0.29, 0.717) is 11.8 Å². The van der Waals surface area contributed by atoms with Gasteiger partial charge in [-0.1, -0.05) is 63.4 Å². The molecule has 2 aromatic carbocycles. The highest BCUT2D eigenvalue weighted by molar-refractivity contribution is 9.10. The Morgan fingerprint density at radius 3 is 2.38 bits per heavy atom. The van der Waals surface area contributed by atoms with Crippen molar-refractivity contribution in [2.45, 2.75) is 18.3 Å². The van der Waals surface area contributed by atoms with Crippen molar-refractivity contribution >= 4 is 39.1 Å². The van der Waals surface area contributed by atoms with Crippen LogP contribution in [-0.4, -0.2) is 13.1 Å². The minimum absolute atomic E-state index is 0.339. The minimum Gasteiger partial charge on any atom is -0.316 e. The van der Waals surface area contributed by atoms with E-state index in [1.807, 2.05) is 24.3 Å². The maximum Gasteiger partial charge on any atom is 0.0455 e. The van der Waals surface area contributed by atoms with Crippen molar-refractivity contribution in [3.63, 3.8) is 0 Å². The van der Waals surface area contributed by atoms with E-state index in [9.17, 15) is 0 Å². The third-order valence-electron chi connectivity index (χ3n) is 4.16. The second-order valence-corrected chi connectivity index (χ2v) is 7.03. The van der Waals surface area contributed by atoms with Crippen LogP contribution in [0.25, 0.3) is 0 Å². The molecule has 1 heterocycles. The summed E-state index contributed by atoms with van der Waals surface area (Å²) in [6, 6.07) is 14.2. The molecule has 0 radical (unpaired) electrons. The summed E-state index contributed by atoms with van der Waals surface area (Å²) in [5.41, 5.74) is 2.40. The van der Waals surface area contributed by atoms with Crippen LogP contribution in [0.3, 0.4) is 0 Å². The molecule has 1 nitrogen and oxygen atoms in total. The molecule has 2 unspecified atom stereocenters. The number of benzene rings is 2. The first kappa shape index (κ1) is 15.4. The highest BCUT2D eigenvalue weighted by Crippen LogP contribution is 2.44. The standard InChI is InChI=1S/C17H16BrCl2N/c18-14-5-2-1-4-11(14)13-10-21-9-8-12(13)17-15(19)6-3-7-16(17)20/h1-7,12-13,21H,8-10H2. The van der Waals surface area contributed by atoms with Crippen molar-refractivity contribution in [2.24, 2.45) is 0 Å². The highest BCUT2D eigenvalue weighted by Gasteiger charge is 2.31. The molecular formula is C17H16BrCl2N. The monoisotopic (exact) mass is 383 g/mol. The van der Waals surface area contributed by atoms with Crippen LogP contribution >= 0.6 is 39.1 Å². The van der Waals surface area contributed by atoms with Crippen LogP contribution in [0.2, 0.25) is 10.0 Å². The van der Waals surface area contributed by atoms with Crippen molar-refractivity contribution < 1.29 is 0 Å². The number of rotatable bonds is 2. The molecule has 21 heavy (non-hydrogen) atoms. The number of nitrogens with one attached hydrogen (secondary N) is 1. The quantitative estimate of drug-likeness (QED) is 0.708. The van der Waals surface area contributed by atoms with Crippen LogP contribution in [0.1, 0.15) is 29.4 Å². The Kier molecular flexibility index (Phi) is 4.90. The van der Waals surface area contributed by atoms with Crippen LogP contribution < -0.4 is 5.32 Å². The zero-order valence-electron chi connectivity index (χ0n) is 11.5. The summed E-state index contributed by atoms with van der Waals surface area (Å²) in [7, 11) is 0. The Morgan fingerprint density at radius 1 is 0.952 bits per heavy atom. The lowest BCUT2D eigenvalue weighted by molar-refractivity contribution is 0.403. The van der Waals surface area contributed by atoms with E-state index in [2.05, 4.69) is 39.4 Å². The first-order valence-corrected chi connectivity index (χ1v) is 8.62. The topological polar surface area (TPSA) is 12.0 Å². The molecule has 1 N–H and O–H groups in total. The smallest absolute Gasteiger partial charge is 0.0455 e. The van der Waals surface area contributed by atoms with Gasteiger partial charge in [0.1, 0.15) is 0 Å². The fourth-order valence-electron chi connectivity index (χ4n) is 3.17. The van der Waals surface area contributed by atoms with Crippen LogP contribution in [0.5, 0.6) is 0 Å². The molecule has 1 saturated heterocycles. The largest absolute Gasteiger partial charge is 0.316 e. The van der Waals surface area contributed by atoms with Crippen LogP contribution in [0.4, 0.5) is 0 Å². The predicted molar refractivity (Wildman–Crippen MR) is 93.6 cm³/mol. The van der Waals surface area contributed by atoms with Gasteiger partial charge in [-0.2, -0.15) is 0 Å². The Bertz CT molecular complexity index is 624. The Morgan fingerprint density at radius 2 is 1.67 bits per heavy atom. The molecule has 110 valence electrons. The lowest BCUT2D eigenvalue weighted by atomic mass is 9.77. The summed E-state index contributed by atoms with van der Waals surface area (Å²) in [5, 5.41) is 5.03. The molecule has 3 rings (SSSR count). The molecule has 0 spiro atoms. The molecule has 0 bridgehead atoms. The average molecular weight is 385 g/mol. The molecule has 1 fully saturated rings. The molecule has 2 aromatic rings. The Balaban J connectivity index is 2.05. The summed E-state index contributed by atoms with van der Waals surface area (Å²) < 4.78 is 1.15. The number of piperidine rings is 1. The Labute approximate surface area is 143 Å². The number of hydrogen-bond donors (Lipinski definition) is 1. The molecule has 1 aliphatic heterocycles. The van der Waals surface area contributed by atoms with Gasteiger partial charge in [-0.3, -0.25) is 0 Å². The summed E-state index contributed by atoms with van der Waals surface area (Å²) in [4.78, 5) is 0. The van der Waals surface area contributed by atoms with Gasteiger partial charge in [0.05, 0.1) is 0 Å². The second kappa shape index (κ2) is 6.70. The fraction of sp³-hybridized carbons (Fsp3) is 0.294. The van der Waals surface area contributed by atoms with Gasteiger partial charge in [0, 0.05) is 27.0 Å². The van der Waals surface area contributed by atoms with Crippen molar-refractivity contribution in [1.82, 2.24) is 5.32 Å². The lowest BCUT2D eigenvalue weighted by Crippen LogP contribution is -2.34. The first-order valence-electron chi connectivity index (χ1n) is 7.07. The first-order chi connectivity index (χ1) is 10.2. The third kappa shape index (κ3) is 3.14. The molecule has 0 saturated carbocycles. The molecule has 0 amide bonds. The molecule has 2 atom stereocenters.